The van der Waals surface area contributed by atoms with E-state index < -0.39 is 5.91 Å². The van der Waals surface area contributed by atoms with E-state index in [-0.39, 0.29) is 12.2 Å². The molecule has 0 aliphatic carbocycles. The number of rotatable bonds is 8. The molecule has 2 aromatic carbocycles. The van der Waals surface area contributed by atoms with Crippen LogP contribution < -0.4 is 20.8 Å². The molecule has 9 nitrogen and oxygen atoms in total. The van der Waals surface area contributed by atoms with E-state index in [2.05, 4.69) is 10.1 Å². The minimum Gasteiger partial charge on any atom is -0.493 e. The molecule has 0 fully saturated rings. The highest BCUT2D eigenvalue weighted by Crippen LogP contribution is 2.32. The molecule has 1 amide bonds. The summed E-state index contributed by atoms with van der Waals surface area (Å²) in [6, 6.07) is 12.3. The molecular weight excluding hydrogens is 422 g/mol. The lowest BCUT2D eigenvalue weighted by atomic mass is 10.1. The smallest absolute Gasteiger partial charge is 0.277 e. The lowest BCUT2D eigenvalue weighted by Crippen LogP contribution is -2.13. The van der Waals surface area contributed by atoms with Gasteiger partial charge in [0.15, 0.2) is 5.52 Å². The minimum absolute atomic E-state index is 0.270. The number of benzene rings is 2. The number of nitrogens with zero attached hydrogens (tertiary/aromatic N) is 3. The van der Waals surface area contributed by atoms with E-state index >= 15 is 0 Å². The van der Waals surface area contributed by atoms with Crippen molar-refractivity contribution in [1.29, 1.82) is 0 Å². The molecule has 0 atom stereocenters. The van der Waals surface area contributed by atoms with E-state index in [9.17, 15) is 9.59 Å². The zero-order valence-corrected chi connectivity index (χ0v) is 18.7. The Hall–Kier alpha value is -4.14. The second kappa shape index (κ2) is 9.15. The Labute approximate surface area is 190 Å². The third-order valence-electron chi connectivity index (χ3n) is 5.25. The first-order valence-electron chi connectivity index (χ1n) is 10.7. The van der Waals surface area contributed by atoms with Gasteiger partial charge in [-0.05, 0) is 49.2 Å². The normalized spacial score (nSPS) is 11.0. The van der Waals surface area contributed by atoms with Crippen LogP contribution >= 0.6 is 0 Å². The maximum Gasteiger partial charge on any atom is 0.277 e. The topological polar surface area (TPSA) is 125 Å². The number of H-pyrrole nitrogens is 1. The molecule has 0 saturated carbocycles. The van der Waals surface area contributed by atoms with Gasteiger partial charge in [-0.1, -0.05) is 19.1 Å². The summed E-state index contributed by atoms with van der Waals surface area (Å²) in [5, 5.41) is 4.41. The monoisotopic (exact) mass is 447 g/mol. The Morgan fingerprint density at radius 2 is 1.88 bits per heavy atom. The summed E-state index contributed by atoms with van der Waals surface area (Å²) < 4.78 is 13.3. The summed E-state index contributed by atoms with van der Waals surface area (Å²) in [7, 11) is 1.73. The van der Waals surface area contributed by atoms with Crippen molar-refractivity contribution in [2.24, 2.45) is 12.8 Å². The average molecular weight is 447 g/mol. The Morgan fingerprint density at radius 3 is 2.55 bits per heavy atom. The first-order chi connectivity index (χ1) is 15.9. The van der Waals surface area contributed by atoms with E-state index in [1.807, 2.05) is 13.8 Å². The first-order valence-corrected chi connectivity index (χ1v) is 10.7. The number of nitrogens with two attached hydrogens (primary N) is 1. The number of aromatic amines is 1. The van der Waals surface area contributed by atoms with Crippen molar-refractivity contribution in [3.05, 3.63) is 69.6 Å². The van der Waals surface area contributed by atoms with Crippen LogP contribution in [-0.2, 0) is 20.1 Å². The third-order valence-corrected chi connectivity index (χ3v) is 5.25. The summed E-state index contributed by atoms with van der Waals surface area (Å²) in [5.41, 5.74) is 8.71. The van der Waals surface area contributed by atoms with Crippen molar-refractivity contribution in [3.8, 4) is 22.9 Å². The summed E-state index contributed by atoms with van der Waals surface area (Å²) in [4.78, 5) is 31.6. The molecule has 0 aliphatic rings. The fraction of sp³-hybridized carbons (Fsp3) is 0.250. The lowest BCUT2D eigenvalue weighted by Gasteiger charge is -2.13. The van der Waals surface area contributed by atoms with Crippen molar-refractivity contribution in [1.82, 2.24) is 19.7 Å². The largest absolute Gasteiger partial charge is 0.493 e. The molecule has 0 aliphatic heterocycles. The van der Waals surface area contributed by atoms with Crippen LogP contribution in [-0.4, -0.2) is 32.3 Å². The fourth-order valence-corrected chi connectivity index (χ4v) is 3.61. The van der Waals surface area contributed by atoms with Crippen LogP contribution in [0.5, 0.6) is 11.5 Å². The highest BCUT2D eigenvalue weighted by molar-refractivity contribution is 5.92. The van der Waals surface area contributed by atoms with Gasteiger partial charge < -0.3 is 20.2 Å². The van der Waals surface area contributed by atoms with Gasteiger partial charge in [-0.3, -0.25) is 14.3 Å². The van der Waals surface area contributed by atoms with E-state index in [4.69, 9.17) is 20.2 Å². The summed E-state index contributed by atoms with van der Waals surface area (Å²) in [6.45, 7) is 4.61. The molecular formula is C24H25N5O4. The number of aryl methyl sites for hydroxylation is 2. The molecule has 0 saturated heterocycles. The van der Waals surface area contributed by atoms with Crippen molar-refractivity contribution in [3.63, 3.8) is 0 Å². The van der Waals surface area contributed by atoms with Crippen molar-refractivity contribution < 1.29 is 14.3 Å². The Bertz CT molecular complexity index is 1370. The number of primary amides is 1. The molecule has 9 heteroatoms. The quantitative estimate of drug-likeness (QED) is 0.428. The van der Waals surface area contributed by atoms with Crippen LogP contribution in [0.15, 0.2) is 47.3 Å². The van der Waals surface area contributed by atoms with E-state index in [0.29, 0.717) is 52.5 Å². The molecule has 0 spiro atoms. The van der Waals surface area contributed by atoms with Crippen LogP contribution in [0.2, 0.25) is 0 Å². The summed E-state index contributed by atoms with van der Waals surface area (Å²) >= 11 is 0. The van der Waals surface area contributed by atoms with E-state index in [1.54, 1.807) is 54.2 Å². The second-order valence-corrected chi connectivity index (χ2v) is 7.48. The molecule has 0 radical (unpaired) electrons. The molecule has 33 heavy (non-hydrogen) atoms. The highest BCUT2D eigenvalue weighted by atomic mass is 16.5. The second-order valence-electron chi connectivity index (χ2n) is 7.48. The standard InChI is InChI=1S/C24H25N5O4/c1-4-18-20-21(29(3)28-18)24(31)27-23(26-20)17-12-16(10-11-19(17)32-5-2)33-13-14-6-8-15(9-7-14)22(25)30/h6-12H,4-5,13H2,1-3H3,(H2,25,30)(H,26,27,31). The number of hydrogen-bond acceptors (Lipinski definition) is 6. The van der Waals surface area contributed by atoms with Crippen molar-refractivity contribution >= 4 is 16.9 Å². The number of aromatic nitrogens is 4. The number of hydrogen-bond donors (Lipinski definition) is 2. The Balaban J connectivity index is 1.69. The lowest BCUT2D eigenvalue weighted by molar-refractivity contribution is 0.1000. The molecule has 170 valence electrons. The SMILES string of the molecule is CCOc1ccc(OCc2ccc(C(N)=O)cc2)cc1-c1nc2c(CC)nn(C)c2c(=O)[nH]1. The molecule has 3 N–H and O–H groups in total. The van der Waals surface area contributed by atoms with Crippen LogP contribution in [0.3, 0.4) is 0 Å². The minimum atomic E-state index is -0.475. The fourth-order valence-electron chi connectivity index (χ4n) is 3.61. The molecule has 4 aromatic rings. The van der Waals surface area contributed by atoms with Crippen LogP contribution in [0.25, 0.3) is 22.4 Å². The van der Waals surface area contributed by atoms with Gasteiger partial charge in [0, 0.05) is 12.6 Å². The third kappa shape index (κ3) is 4.43. The maximum absolute atomic E-state index is 12.8. The van der Waals surface area contributed by atoms with Gasteiger partial charge in [-0.15, -0.1) is 0 Å². The van der Waals surface area contributed by atoms with Gasteiger partial charge in [0.05, 0.1) is 17.9 Å². The predicted molar refractivity (Wildman–Crippen MR) is 124 cm³/mol. The van der Waals surface area contributed by atoms with Crippen LogP contribution in [0, 0.1) is 0 Å². The summed E-state index contributed by atoms with van der Waals surface area (Å²) in [5.74, 6) is 1.07. The predicted octanol–water partition coefficient (Wildman–Crippen LogP) is 2.96. The number of amides is 1. The number of fused-ring (bicyclic) bond motifs is 1. The molecule has 0 unspecified atom stereocenters. The number of carbonyl (C=O) groups excluding carboxylic acids is 1. The maximum atomic E-state index is 12.8. The zero-order chi connectivity index (χ0) is 23.5. The van der Waals surface area contributed by atoms with Gasteiger partial charge in [-0.2, -0.15) is 5.10 Å². The molecule has 2 heterocycles. The molecule has 2 aromatic heterocycles. The van der Waals surface area contributed by atoms with Crippen molar-refractivity contribution in [2.45, 2.75) is 26.9 Å². The van der Waals surface area contributed by atoms with Gasteiger partial charge in [0.1, 0.15) is 29.4 Å². The molecule has 4 rings (SSSR count). The number of carbonyl (C=O) groups is 1. The van der Waals surface area contributed by atoms with E-state index in [1.165, 1.54) is 0 Å². The summed E-state index contributed by atoms with van der Waals surface area (Å²) in [6.07, 6.45) is 0.656. The number of nitrogens with one attached hydrogen (secondary N) is 1. The van der Waals surface area contributed by atoms with E-state index in [0.717, 1.165) is 11.3 Å². The first kappa shape index (κ1) is 22.1. The van der Waals surface area contributed by atoms with Gasteiger partial charge in [-0.25, -0.2) is 4.98 Å². The van der Waals surface area contributed by atoms with Crippen molar-refractivity contribution in [2.75, 3.05) is 6.61 Å². The Morgan fingerprint density at radius 1 is 1.12 bits per heavy atom. The zero-order valence-electron chi connectivity index (χ0n) is 18.7. The van der Waals surface area contributed by atoms with Crippen LogP contribution in [0.4, 0.5) is 0 Å². The van der Waals surface area contributed by atoms with Crippen LogP contribution in [0.1, 0.15) is 35.5 Å². The number of ether oxygens (including phenoxy) is 2. The van der Waals surface area contributed by atoms with Gasteiger partial charge in [0.2, 0.25) is 5.91 Å². The Kier molecular flexibility index (Phi) is 6.12. The molecule has 0 bridgehead atoms. The average Bonchev–Trinajstić information content (AvgIpc) is 3.14. The van der Waals surface area contributed by atoms with Gasteiger partial charge in [0.25, 0.3) is 5.56 Å². The van der Waals surface area contributed by atoms with Gasteiger partial charge >= 0.3 is 0 Å². The highest BCUT2D eigenvalue weighted by Gasteiger charge is 2.17.